The molecule has 2 atom stereocenters. The van der Waals surface area contributed by atoms with E-state index in [0.717, 1.165) is 56.8 Å². The van der Waals surface area contributed by atoms with Gasteiger partial charge in [0.25, 0.3) is 11.8 Å². The van der Waals surface area contributed by atoms with E-state index in [9.17, 15) is 9.59 Å². The summed E-state index contributed by atoms with van der Waals surface area (Å²) in [6, 6.07) is 25.2. The molecule has 0 bridgehead atoms. The minimum absolute atomic E-state index is 0.0367. The maximum absolute atomic E-state index is 13.6. The lowest BCUT2D eigenvalue weighted by Gasteiger charge is -2.17. The van der Waals surface area contributed by atoms with Gasteiger partial charge < -0.3 is 0 Å². The molecule has 0 radical (unpaired) electrons. The molecule has 2 unspecified atom stereocenters. The molecule has 2 aliphatic heterocycles. The highest BCUT2D eigenvalue weighted by molar-refractivity contribution is 8.27. The van der Waals surface area contributed by atoms with E-state index in [1.165, 1.54) is 340 Å². The number of rotatable bonds is 52. The number of carbonyl (C=O) groups is 2. The molecule has 2 aliphatic rings. The summed E-state index contributed by atoms with van der Waals surface area (Å²) in [5, 5.41) is 2.94. The predicted molar refractivity (Wildman–Crippen MR) is 525 cm³/mol. The highest BCUT2D eigenvalue weighted by atomic mass is 32.2. The lowest BCUT2D eigenvalue weighted by molar-refractivity contribution is -0.122. The van der Waals surface area contributed by atoms with E-state index in [1.54, 1.807) is 9.80 Å². The number of hydrogen-bond donors (Lipinski definition) is 0. The molecular weight excluding hydrogens is 1640 g/mol. The molecule has 18 heteroatoms. The Morgan fingerprint density at radius 1 is 0.348 bits per heavy atom. The first-order valence-electron chi connectivity index (χ1n) is 43.3. The molecule has 9 aromatic rings. The number of benzene rings is 1. The van der Waals surface area contributed by atoms with Crippen molar-refractivity contribution in [3.8, 4) is 58.5 Å². The van der Waals surface area contributed by atoms with Crippen LogP contribution in [0.2, 0.25) is 0 Å². The molecule has 112 heavy (non-hydrogen) atoms. The number of carbonyl (C=O) groups excluding carboxylic acids is 2. The van der Waals surface area contributed by atoms with Crippen LogP contribution in [0.5, 0.6) is 0 Å². The van der Waals surface area contributed by atoms with Gasteiger partial charge in [0.2, 0.25) is 0 Å². The van der Waals surface area contributed by atoms with Crippen LogP contribution in [-0.2, 0) is 35.3 Å². The van der Waals surface area contributed by atoms with Gasteiger partial charge in [0, 0.05) is 113 Å². The number of hydrogen-bond acceptors (Lipinski definition) is 16. The summed E-state index contributed by atoms with van der Waals surface area (Å²) in [4.78, 5) is 54.2. The zero-order valence-electron chi connectivity index (χ0n) is 68.8. The first kappa shape index (κ1) is 90.1. The van der Waals surface area contributed by atoms with Crippen LogP contribution in [0.1, 0.15) is 307 Å². The number of thioether (sulfide) groups is 4. The first-order valence-corrected chi connectivity index (χ1v) is 54.2. The second-order valence-corrected chi connectivity index (χ2v) is 45.0. The smallest absolute Gasteiger partial charge is 0.266 e. The normalized spacial score (nSPS) is 14.9. The average Bonchev–Trinajstić information content (AvgIpc) is 1.58. The molecule has 4 nitrogen and oxygen atoms in total. The SMILES string of the molecule is CCCCCCCCc1cc(C=C2SC(=S)N(CC)C2=O)sc1-c1ccc(-c2sc(-c3cc4c(SCC(CC)CCCC)c5sc(-c6cc(CCCCCCCC)c(-c7ccc(-c8sc(C=C9SC(=S)N(CC)C9=O)cc8CCCCCCCC)s7)s6)cc5c(SCC(CC)CCCC)c4s3)cc2CCCCCCCC)s1. The number of aryl methyl sites for hydroxylation is 4. The number of fused-ring (bicyclic) bond motifs is 2. The van der Waals surface area contributed by atoms with E-state index in [0.29, 0.717) is 33.6 Å². The summed E-state index contributed by atoms with van der Waals surface area (Å²) in [7, 11) is 0. The Labute approximate surface area is 734 Å². The van der Waals surface area contributed by atoms with Gasteiger partial charge in [0.05, 0.1) is 19.2 Å². The molecule has 0 spiro atoms. The van der Waals surface area contributed by atoms with E-state index in [2.05, 4.69) is 197 Å². The number of unbranched alkanes of at least 4 members (excludes halogenated alkanes) is 22. The van der Waals surface area contributed by atoms with Gasteiger partial charge in [-0.05, 0) is 185 Å². The third-order valence-electron chi connectivity index (χ3n) is 22.4. The molecule has 0 aliphatic carbocycles. The molecule has 10 heterocycles. The van der Waals surface area contributed by atoms with E-state index >= 15 is 0 Å². The third kappa shape index (κ3) is 23.9. The lowest BCUT2D eigenvalue weighted by atomic mass is 10.0. The predicted octanol–water partition coefficient (Wildman–Crippen LogP) is 35.2. The van der Waals surface area contributed by atoms with Crippen LogP contribution >= 0.6 is 162 Å². The molecule has 2 fully saturated rings. The molecule has 2 amide bonds. The summed E-state index contributed by atoms with van der Waals surface area (Å²) in [6.07, 6.45) is 49.1. The summed E-state index contributed by atoms with van der Waals surface area (Å²) in [5.41, 5.74) is 5.85. The van der Waals surface area contributed by atoms with E-state index in [4.69, 9.17) is 24.4 Å². The average molecular weight is 1760 g/mol. The highest BCUT2D eigenvalue weighted by Crippen LogP contribution is 2.57. The molecule has 0 N–H and O–H groups in total. The van der Waals surface area contributed by atoms with Crippen molar-refractivity contribution in [3.63, 3.8) is 0 Å². The Balaban J connectivity index is 1.01. The maximum atomic E-state index is 13.6. The van der Waals surface area contributed by atoms with Crippen molar-refractivity contribution < 1.29 is 9.59 Å². The van der Waals surface area contributed by atoms with Gasteiger partial charge in [0.1, 0.15) is 8.64 Å². The zero-order chi connectivity index (χ0) is 78.9. The van der Waals surface area contributed by atoms with Gasteiger partial charge in [-0.25, -0.2) is 0 Å². The van der Waals surface area contributed by atoms with Crippen molar-refractivity contribution in [1.29, 1.82) is 0 Å². The van der Waals surface area contributed by atoms with Crippen molar-refractivity contribution in [1.82, 2.24) is 9.80 Å². The van der Waals surface area contributed by atoms with Gasteiger partial charge in [-0.3, -0.25) is 19.4 Å². The Morgan fingerprint density at radius 3 is 0.964 bits per heavy atom. The monoisotopic (exact) mass is 1760 g/mol. The van der Waals surface area contributed by atoms with Gasteiger partial charge in [-0.15, -0.1) is 114 Å². The highest BCUT2D eigenvalue weighted by Gasteiger charge is 2.34. The van der Waals surface area contributed by atoms with Crippen molar-refractivity contribution in [2.75, 3.05) is 24.6 Å². The van der Waals surface area contributed by atoms with Crippen LogP contribution in [0.15, 0.2) is 80.3 Å². The van der Waals surface area contributed by atoms with Crippen LogP contribution in [0.3, 0.4) is 0 Å². The third-order valence-corrected chi connectivity index (χ3v) is 38.3. The number of likely N-dealkylation sites (N-methyl/N-ethyl adjacent to an activating group) is 2. The van der Waals surface area contributed by atoms with Crippen LogP contribution in [0, 0.1) is 11.8 Å². The standard InChI is InChI=1S/C94H124N2O2S14/c1-11-21-27-31-35-39-45-65-53-69(57-81-91(97)95(19-9)93(99)111-81)103-83(65)73-49-51-75(105-73)85-67(47-41-37-33-29-23-13-3)55-77(107-85)79-59-71-87(101-61-63(17-7)43-25-15-5)90-72(88(89(71)109-79)102-62-64(18-8)44-26-16-6)60-80(110-90)78-56-68(48-42-38-34-30-24-14-4)86(108-78)76-52-50-74(106-76)84-66(46-40-36-32-28-22-12-2)54-70(104-84)58-82-92(98)96(20-10)94(100)112-82/h49-60,63-64H,11-48,61-62H2,1-10H3. The van der Waals surface area contributed by atoms with Gasteiger partial charge in [-0.2, -0.15) is 0 Å². The Hall–Kier alpha value is -2.66. The molecule has 2 saturated heterocycles. The molecule has 1 aromatic carbocycles. The Morgan fingerprint density at radius 2 is 0.652 bits per heavy atom. The van der Waals surface area contributed by atoms with Crippen molar-refractivity contribution >= 4 is 215 Å². The second-order valence-electron chi connectivity index (χ2n) is 31.0. The van der Waals surface area contributed by atoms with Crippen molar-refractivity contribution in [2.45, 2.75) is 310 Å². The molecule has 606 valence electrons. The Bertz CT molecular complexity index is 4230. The van der Waals surface area contributed by atoms with Crippen molar-refractivity contribution in [2.24, 2.45) is 11.8 Å². The van der Waals surface area contributed by atoms with E-state index in [-0.39, 0.29) is 11.8 Å². The van der Waals surface area contributed by atoms with Crippen LogP contribution in [0.4, 0.5) is 0 Å². The molecule has 8 aromatic heterocycles. The number of amides is 2. The topological polar surface area (TPSA) is 40.6 Å². The number of thiocarbonyl (C=S) groups is 2. The minimum atomic E-state index is 0.0367. The lowest BCUT2D eigenvalue weighted by Crippen LogP contribution is -2.27. The van der Waals surface area contributed by atoms with Crippen LogP contribution in [0.25, 0.3) is 90.9 Å². The summed E-state index contributed by atoms with van der Waals surface area (Å²) < 4.78 is 4.31. The Kier molecular flexibility index (Phi) is 37.6. The fourth-order valence-corrected chi connectivity index (χ4v) is 31.6. The fourth-order valence-electron chi connectivity index (χ4n) is 15.5. The summed E-state index contributed by atoms with van der Waals surface area (Å²) in [5.74, 6) is 3.68. The summed E-state index contributed by atoms with van der Waals surface area (Å²) in [6.45, 7) is 24.1. The van der Waals surface area contributed by atoms with E-state index in [1.807, 2.05) is 59.2 Å². The van der Waals surface area contributed by atoms with Gasteiger partial charge >= 0.3 is 0 Å². The maximum Gasteiger partial charge on any atom is 0.266 e. The molecular formula is C94H124N2O2S14. The second kappa shape index (κ2) is 46.8. The van der Waals surface area contributed by atoms with Crippen LogP contribution in [-0.4, -0.2) is 54.9 Å². The van der Waals surface area contributed by atoms with Gasteiger partial charge in [0.15, 0.2) is 0 Å². The summed E-state index contributed by atoms with van der Waals surface area (Å²) >= 11 is 34.6. The largest absolute Gasteiger partial charge is 0.293 e. The quantitative estimate of drug-likeness (QED) is 0.0162. The zero-order valence-corrected chi connectivity index (χ0v) is 80.2. The first-order chi connectivity index (χ1) is 54.8. The van der Waals surface area contributed by atoms with E-state index < -0.39 is 0 Å². The van der Waals surface area contributed by atoms with Crippen molar-refractivity contribution in [3.05, 3.63) is 102 Å². The molecule has 0 saturated carbocycles. The minimum Gasteiger partial charge on any atom is -0.293 e. The van der Waals surface area contributed by atoms with Gasteiger partial charge in [-0.1, -0.05) is 270 Å². The number of nitrogens with zero attached hydrogens (tertiary/aromatic N) is 2. The molecule has 11 rings (SSSR count). The number of thiophene rings is 8. The fraction of sp³-hybridized carbons (Fsp3) is 0.553. The van der Waals surface area contributed by atoms with Crippen LogP contribution < -0.4 is 0 Å².